The molecule has 0 saturated carbocycles. The fourth-order valence-electron chi connectivity index (χ4n) is 1.77. The van der Waals surface area contributed by atoms with Gasteiger partial charge in [0.2, 0.25) is 0 Å². The summed E-state index contributed by atoms with van der Waals surface area (Å²) < 4.78 is 19.6. The molecule has 1 N–H and O–H groups in total. The molecule has 4 heteroatoms. The molecule has 0 heterocycles. The summed E-state index contributed by atoms with van der Waals surface area (Å²) in [5.74, 6) is 0.305. The Morgan fingerprint density at radius 3 is 2.74 bits per heavy atom. The number of ether oxygens (including phenoxy) is 1. The Morgan fingerprint density at radius 2 is 2.05 bits per heavy atom. The molecule has 0 saturated heterocycles. The van der Waals surface area contributed by atoms with Crippen LogP contribution in [0.1, 0.15) is 24.2 Å². The molecule has 0 aliphatic carbocycles. The third-order valence-electron chi connectivity index (χ3n) is 2.71. The molecular formula is C15H14BrFO2. The lowest BCUT2D eigenvalue weighted by Gasteiger charge is -2.14. The van der Waals surface area contributed by atoms with Gasteiger partial charge in [-0.2, -0.15) is 0 Å². The summed E-state index contributed by atoms with van der Waals surface area (Å²) in [6.07, 6.45) is -0.615. The lowest BCUT2D eigenvalue weighted by Crippen LogP contribution is -2.01. The van der Waals surface area contributed by atoms with Crippen molar-refractivity contribution >= 4 is 15.9 Å². The standard InChI is InChI=1S/C15H14BrFO2/c1-10(18)14-6-5-12(16)8-15(14)19-9-11-3-2-4-13(17)7-11/h2-8,10,18H,9H2,1H3/t10-/m1/s1. The molecule has 0 amide bonds. The highest BCUT2D eigenvalue weighted by molar-refractivity contribution is 9.10. The van der Waals surface area contributed by atoms with Crippen molar-refractivity contribution in [3.63, 3.8) is 0 Å². The molecule has 19 heavy (non-hydrogen) atoms. The predicted octanol–water partition coefficient (Wildman–Crippen LogP) is 4.22. The number of aliphatic hydroxyl groups excluding tert-OH is 1. The monoisotopic (exact) mass is 324 g/mol. The Kier molecular flexibility index (Phi) is 4.56. The van der Waals surface area contributed by atoms with Crippen LogP contribution in [0.5, 0.6) is 5.75 Å². The number of rotatable bonds is 4. The van der Waals surface area contributed by atoms with Crippen LogP contribution in [0.25, 0.3) is 0 Å². The highest BCUT2D eigenvalue weighted by Crippen LogP contribution is 2.29. The maximum Gasteiger partial charge on any atom is 0.126 e. The Bertz CT molecular complexity index is 570. The van der Waals surface area contributed by atoms with E-state index in [1.165, 1.54) is 12.1 Å². The Hall–Kier alpha value is -1.39. The molecule has 0 radical (unpaired) electrons. The minimum absolute atomic E-state index is 0.258. The molecule has 2 aromatic carbocycles. The number of halogens is 2. The van der Waals surface area contributed by atoms with Gasteiger partial charge < -0.3 is 9.84 Å². The number of benzene rings is 2. The van der Waals surface area contributed by atoms with Crippen molar-refractivity contribution in [2.45, 2.75) is 19.6 Å². The topological polar surface area (TPSA) is 29.5 Å². The van der Waals surface area contributed by atoms with Crippen LogP contribution < -0.4 is 4.74 Å². The molecular weight excluding hydrogens is 311 g/mol. The molecule has 0 fully saturated rings. The van der Waals surface area contributed by atoms with E-state index in [1.54, 1.807) is 31.2 Å². The third-order valence-corrected chi connectivity index (χ3v) is 3.20. The van der Waals surface area contributed by atoms with E-state index in [4.69, 9.17) is 4.74 Å². The van der Waals surface area contributed by atoms with Crippen LogP contribution in [-0.4, -0.2) is 5.11 Å². The van der Waals surface area contributed by atoms with E-state index in [-0.39, 0.29) is 12.4 Å². The first-order chi connectivity index (χ1) is 9.06. The number of hydrogen-bond acceptors (Lipinski definition) is 2. The lowest BCUT2D eigenvalue weighted by atomic mass is 10.1. The van der Waals surface area contributed by atoms with E-state index < -0.39 is 6.10 Å². The van der Waals surface area contributed by atoms with Crippen molar-refractivity contribution in [3.8, 4) is 5.75 Å². The number of aliphatic hydroxyl groups is 1. The minimum Gasteiger partial charge on any atom is -0.488 e. The summed E-state index contributed by atoms with van der Waals surface area (Å²) in [6.45, 7) is 1.94. The van der Waals surface area contributed by atoms with E-state index in [0.29, 0.717) is 11.3 Å². The van der Waals surface area contributed by atoms with Crippen LogP contribution in [0, 0.1) is 5.82 Å². The van der Waals surface area contributed by atoms with Crippen molar-refractivity contribution in [2.24, 2.45) is 0 Å². The summed E-state index contributed by atoms with van der Waals surface area (Å²) in [5, 5.41) is 9.68. The second kappa shape index (κ2) is 6.17. The summed E-state index contributed by atoms with van der Waals surface area (Å²) in [4.78, 5) is 0. The van der Waals surface area contributed by atoms with Gasteiger partial charge in [0.15, 0.2) is 0 Å². The smallest absolute Gasteiger partial charge is 0.126 e. The first-order valence-electron chi connectivity index (χ1n) is 5.91. The summed E-state index contributed by atoms with van der Waals surface area (Å²) >= 11 is 3.36. The Labute approximate surface area is 120 Å². The quantitative estimate of drug-likeness (QED) is 0.912. The Balaban J connectivity index is 2.17. The third kappa shape index (κ3) is 3.78. The van der Waals surface area contributed by atoms with E-state index in [1.807, 2.05) is 6.07 Å². The van der Waals surface area contributed by atoms with Crippen LogP contribution in [0.2, 0.25) is 0 Å². The van der Waals surface area contributed by atoms with E-state index in [0.717, 1.165) is 10.0 Å². The van der Waals surface area contributed by atoms with Gasteiger partial charge in [0.1, 0.15) is 18.2 Å². The van der Waals surface area contributed by atoms with Crippen molar-refractivity contribution < 1.29 is 14.2 Å². The SMILES string of the molecule is C[C@@H](O)c1ccc(Br)cc1OCc1cccc(F)c1. The van der Waals surface area contributed by atoms with Gasteiger partial charge in [0.25, 0.3) is 0 Å². The first-order valence-corrected chi connectivity index (χ1v) is 6.70. The van der Waals surface area contributed by atoms with Gasteiger partial charge in [-0.1, -0.05) is 34.1 Å². The summed E-state index contributed by atoms with van der Waals surface area (Å²) in [5.41, 5.74) is 1.45. The molecule has 2 aromatic rings. The Morgan fingerprint density at radius 1 is 1.26 bits per heavy atom. The van der Waals surface area contributed by atoms with E-state index >= 15 is 0 Å². The first kappa shape index (κ1) is 14.0. The van der Waals surface area contributed by atoms with Crippen LogP contribution >= 0.6 is 15.9 Å². The highest BCUT2D eigenvalue weighted by Gasteiger charge is 2.10. The van der Waals surface area contributed by atoms with Gasteiger partial charge in [0, 0.05) is 10.0 Å². The van der Waals surface area contributed by atoms with Crippen molar-refractivity contribution in [1.82, 2.24) is 0 Å². The minimum atomic E-state index is -0.615. The molecule has 0 bridgehead atoms. The number of hydrogen-bond donors (Lipinski definition) is 1. The molecule has 0 aliphatic rings. The van der Waals surface area contributed by atoms with E-state index in [2.05, 4.69) is 15.9 Å². The highest BCUT2D eigenvalue weighted by atomic mass is 79.9. The normalized spacial score (nSPS) is 12.2. The fraction of sp³-hybridized carbons (Fsp3) is 0.200. The van der Waals surface area contributed by atoms with Gasteiger partial charge in [-0.05, 0) is 36.8 Å². The molecule has 0 aromatic heterocycles. The van der Waals surface area contributed by atoms with Crippen LogP contribution in [0.15, 0.2) is 46.9 Å². The average molecular weight is 325 g/mol. The van der Waals surface area contributed by atoms with Gasteiger partial charge in [-0.3, -0.25) is 0 Å². The summed E-state index contributed by atoms with van der Waals surface area (Å²) in [7, 11) is 0. The molecule has 1 atom stereocenters. The van der Waals surface area contributed by atoms with Crippen LogP contribution in [0.4, 0.5) is 4.39 Å². The van der Waals surface area contributed by atoms with Gasteiger partial charge in [-0.15, -0.1) is 0 Å². The summed E-state index contributed by atoms with van der Waals surface area (Å²) in [6, 6.07) is 11.7. The van der Waals surface area contributed by atoms with Crippen molar-refractivity contribution in [3.05, 3.63) is 63.9 Å². The zero-order valence-corrected chi connectivity index (χ0v) is 12.0. The maximum atomic E-state index is 13.1. The molecule has 0 aliphatic heterocycles. The largest absolute Gasteiger partial charge is 0.488 e. The molecule has 100 valence electrons. The second-order valence-electron chi connectivity index (χ2n) is 4.28. The van der Waals surface area contributed by atoms with Crippen molar-refractivity contribution in [1.29, 1.82) is 0 Å². The van der Waals surface area contributed by atoms with Crippen molar-refractivity contribution in [2.75, 3.05) is 0 Å². The zero-order valence-electron chi connectivity index (χ0n) is 10.4. The van der Waals surface area contributed by atoms with Crippen LogP contribution in [0.3, 0.4) is 0 Å². The molecule has 0 unspecified atom stereocenters. The van der Waals surface area contributed by atoms with Gasteiger partial charge in [-0.25, -0.2) is 4.39 Å². The average Bonchev–Trinajstić information content (AvgIpc) is 2.36. The van der Waals surface area contributed by atoms with Gasteiger partial charge >= 0.3 is 0 Å². The fourth-order valence-corrected chi connectivity index (χ4v) is 2.11. The lowest BCUT2D eigenvalue weighted by molar-refractivity contribution is 0.190. The molecule has 2 nitrogen and oxygen atoms in total. The maximum absolute atomic E-state index is 13.1. The van der Waals surface area contributed by atoms with Crippen LogP contribution in [-0.2, 0) is 6.61 Å². The van der Waals surface area contributed by atoms with Gasteiger partial charge in [0.05, 0.1) is 6.10 Å². The predicted molar refractivity (Wildman–Crippen MR) is 75.5 cm³/mol. The van der Waals surface area contributed by atoms with E-state index in [9.17, 15) is 9.50 Å². The molecule has 0 spiro atoms. The second-order valence-corrected chi connectivity index (χ2v) is 5.19. The molecule has 2 rings (SSSR count). The zero-order chi connectivity index (χ0) is 13.8.